The molecule has 0 saturated carbocycles. The molecular formula is C21H28N4OS. The van der Waals surface area contributed by atoms with Gasteiger partial charge in [0.05, 0.1) is 6.54 Å². The fourth-order valence-electron chi connectivity index (χ4n) is 3.20. The first-order valence-corrected chi connectivity index (χ1v) is 10.3. The van der Waals surface area contributed by atoms with Gasteiger partial charge >= 0.3 is 0 Å². The van der Waals surface area contributed by atoms with Crippen LogP contribution < -0.4 is 10.6 Å². The number of fused-ring (bicyclic) bond motifs is 1. The number of H-pyrrole nitrogens is 1. The standard InChI is InChI=1S/C21H28N4OS/c1-4-22-20(24-14-21(3,26)16-10-12-27-13-16)23-11-9-17-15(2)25-19-8-6-5-7-18(17)19/h5-8,10,12-13,25-26H,4,9,11,14H2,1-3H3,(H2,22,23,24). The van der Waals surface area contributed by atoms with Gasteiger partial charge in [-0.25, -0.2) is 4.99 Å². The molecule has 0 radical (unpaired) electrons. The number of nitrogens with zero attached hydrogens (tertiary/aromatic N) is 1. The number of rotatable bonds is 7. The molecule has 3 aromatic rings. The van der Waals surface area contributed by atoms with Gasteiger partial charge in [0.1, 0.15) is 5.60 Å². The van der Waals surface area contributed by atoms with Crippen molar-refractivity contribution >= 4 is 28.2 Å². The maximum atomic E-state index is 10.7. The Hall–Kier alpha value is -2.31. The summed E-state index contributed by atoms with van der Waals surface area (Å²) < 4.78 is 0. The van der Waals surface area contributed by atoms with Crippen LogP contribution >= 0.6 is 11.3 Å². The van der Waals surface area contributed by atoms with Gasteiger partial charge in [0.15, 0.2) is 5.96 Å². The molecule has 0 spiro atoms. The van der Waals surface area contributed by atoms with E-state index in [-0.39, 0.29) is 0 Å². The first-order valence-electron chi connectivity index (χ1n) is 9.34. The molecular weight excluding hydrogens is 356 g/mol. The van der Waals surface area contributed by atoms with Crippen LogP contribution in [-0.4, -0.2) is 35.7 Å². The first kappa shape index (κ1) is 19.5. The Labute approximate surface area is 164 Å². The van der Waals surface area contributed by atoms with Gasteiger partial charge in [-0.3, -0.25) is 0 Å². The summed E-state index contributed by atoms with van der Waals surface area (Å²) in [6.07, 6.45) is 0.904. The van der Waals surface area contributed by atoms with Gasteiger partial charge < -0.3 is 20.7 Å². The average molecular weight is 385 g/mol. The Balaban J connectivity index is 1.63. The third-order valence-corrected chi connectivity index (χ3v) is 5.41. The predicted molar refractivity (Wildman–Crippen MR) is 115 cm³/mol. The number of para-hydroxylation sites is 1. The highest BCUT2D eigenvalue weighted by Crippen LogP contribution is 2.23. The lowest BCUT2D eigenvalue weighted by atomic mass is 10.00. The van der Waals surface area contributed by atoms with Crippen molar-refractivity contribution in [2.45, 2.75) is 32.8 Å². The van der Waals surface area contributed by atoms with Gasteiger partial charge in [-0.1, -0.05) is 18.2 Å². The minimum absolute atomic E-state index is 0.311. The molecule has 0 saturated heterocycles. The Morgan fingerprint density at radius 3 is 2.81 bits per heavy atom. The molecule has 2 heterocycles. The van der Waals surface area contributed by atoms with Gasteiger partial charge in [-0.2, -0.15) is 11.3 Å². The molecule has 0 bridgehead atoms. The lowest BCUT2D eigenvalue weighted by Gasteiger charge is -2.21. The van der Waals surface area contributed by atoms with E-state index >= 15 is 0 Å². The van der Waals surface area contributed by atoms with Gasteiger partial charge in [-0.05, 0) is 61.2 Å². The number of aromatic nitrogens is 1. The molecule has 0 aliphatic carbocycles. The van der Waals surface area contributed by atoms with E-state index in [4.69, 9.17) is 0 Å². The second-order valence-corrected chi connectivity index (χ2v) is 7.71. The number of aliphatic imine (C=N–C) groups is 1. The molecule has 2 aromatic heterocycles. The zero-order chi connectivity index (χ0) is 19.3. The molecule has 0 fully saturated rings. The van der Waals surface area contributed by atoms with E-state index in [0.29, 0.717) is 6.54 Å². The average Bonchev–Trinajstić information content (AvgIpc) is 3.29. The van der Waals surface area contributed by atoms with Crippen molar-refractivity contribution < 1.29 is 5.11 Å². The van der Waals surface area contributed by atoms with Crippen LogP contribution in [0, 0.1) is 6.92 Å². The number of nitrogens with one attached hydrogen (secondary N) is 3. The van der Waals surface area contributed by atoms with E-state index in [2.05, 4.69) is 51.8 Å². The number of aromatic amines is 1. The predicted octanol–water partition coefficient (Wildman–Crippen LogP) is 3.54. The molecule has 144 valence electrons. The number of benzene rings is 1. The van der Waals surface area contributed by atoms with Crippen LogP contribution in [0.15, 0.2) is 46.1 Å². The molecule has 4 N–H and O–H groups in total. The quantitative estimate of drug-likeness (QED) is 0.372. The minimum Gasteiger partial charge on any atom is -0.383 e. The monoisotopic (exact) mass is 384 g/mol. The van der Waals surface area contributed by atoms with Gasteiger partial charge in [-0.15, -0.1) is 0 Å². The third-order valence-electron chi connectivity index (χ3n) is 4.73. The van der Waals surface area contributed by atoms with Crippen molar-refractivity contribution in [1.29, 1.82) is 0 Å². The number of aryl methyl sites for hydroxylation is 1. The Kier molecular flexibility index (Phi) is 6.19. The topological polar surface area (TPSA) is 72.4 Å². The third kappa shape index (κ3) is 4.70. The second kappa shape index (κ2) is 8.59. The molecule has 6 heteroatoms. The summed E-state index contributed by atoms with van der Waals surface area (Å²) in [6.45, 7) is 7.82. The zero-order valence-electron chi connectivity index (χ0n) is 16.2. The van der Waals surface area contributed by atoms with Crippen LogP contribution in [0.5, 0.6) is 0 Å². The summed E-state index contributed by atoms with van der Waals surface area (Å²) in [5.41, 5.74) is 3.66. The van der Waals surface area contributed by atoms with E-state index in [0.717, 1.165) is 31.0 Å². The molecule has 0 amide bonds. The van der Waals surface area contributed by atoms with Crippen LogP contribution in [0.25, 0.3) is 10.9 Å². The van der Waals surface area contributed by atoms with Crippen LogP contribution in [0.3, 0.4) is 0 Å². The fourth-order valence-corrected chi connectivity index (χ4v) is 3.98. The number of hydrogen-bond donors (Lipinski definition) is 4. The highest BCUT2D eigenvalue weighted by molar-refractivity contribution is 7.08. The summed E-state index contributed by atoms with van der Waals surface area (Å²) in [6, 6.07) is 10.3. The molecule has 1 unspecified atom stereocenters. The van der Waals surface area contributed by atoms with E-state index < -0.39 is 5.60 Å². The van der Waals surface area contributed by atoms with Crippen molar-refractivity contribution in [3.8, 4) is 0 Å². The van der Waals surface area contributed by atoms with Crippen molar-refractivity contribution in [3.05, 3.63) is 57.9 Å². The van der Waals surface area contributed by atoms with E-state index in [1.165, 1.54) is 22.2 Å². The molecule has 3 rings (SSSR count). The molecule has 1 atom stereocenters. The van der Waals surface area contributed by atoms with Gasteiger partial charge in [0.2, 0.25) is 0 Å². The number of thiophene rings is 1. The fraction of sp³-hybridized carbons (Fsp3) is 0.381. The summed E-state index contributed by atoms with van der Waals surface area (Å²) >= 11 is 1.58. The zero-order valence-corrected chi connectivity index (χ0v) is 17.0. The van der Waals surface area contributed by atoms with E-state index in [9.17, 15) is 5.11 Å². The summed E-state index contributed by atoms with van der Waals surface area (Å²) in [5.74, 6) is 0.727. The smallest absolute Gasteiger partial charge is 0.191 e. The summed E-state index contributed by atoms with van der Waals surface area (Å²) in [4.78, 5) is 8.03. The maximum Gasteiger partial charge on any atom is 0.191 e. The first-order chi connectivity index (χ1) is 13.0. The molecule has 0 aliphatic heterocycles. The summed E-state index contributed by atoms with van der Waals surface area (Å²) in [5, 5.41) is 22.5. The van der Waals surface area contributed by atoms with Crippen LogP contribution in [0.1, 0.15) is 30.7 Å². The molecule has 27 heavy (non-hydrogen) atoms. The van der Waals surface area contributed by atoms with Crippen molar-refractivity contribution in [2.75, 3.05) is 19.6 Å². The second-order valence-electron chi connectivity index (χ2n) is 6.93. The number of hydrogen-bond acceptors (Lipinski definition) is 3. The molecule has 0 aliphatic rings. The van der Waals surface area contributed by atoms with Crippen LogP contribution in [-0.2, 0) is 12.0 Å². The Morgan fingerprint density at radius 1 is 1.26 bits per heavy atom. The highest BCUT2D eigenvalue weighted by atomic mass is 32.1. The highest BCUT2D eigenvalue weighted by Gasteiger charge is 2.23. The van der Waals surface area contributed by atoms with Crippen molar-refractivity contribution in [1.82, 2.24) is 15.6 Å². The summed E-state index contributed by atoms with van der Waals surface area (Å²) in [7, 11) is 0. The SMILES string of the molecule is CCNC(=NCC(C)(O)c1ccsc1)NCCc1c(C)[nH]c2ccccc12. The number of aliphatic hydroxyl groups is 1. The Bertz CT molecular complexity index is 896. The molecule has 5 nitrogen and oxygen atoms in total. The van der Waals surface area contributed by atoms with E-state index in [1.807, 2.05) is 23.8 Å². The maximum absolute atomic E-state index is 10.7. The molecule has 1 aromatic carbocycles. The van der Waals surface area contributed by atoms with E-state index in [1.54, 1.807) is 18.3 Å². The number of guanidine groups is 1. The normalized spacial score (nSPS) is 14.3. The van der Waals surface area contributed by atoms with Gasteiger partial charge in [0, 0.05) is 29.7 Å². The van der Waals surface area contributed by atoms with Crippen molar-refractivity contribution in [3.63, 3.8) is 0 Å². The van der Waals surface area contributed by atoms with Crippen LogP contribution in [0.4, 0.5) is 0 Å². The van der Waals surface area contributed by atoms with Crippen LogP contribution in [0.2, 0.25) is 0 Å². The Morgan fingerprint density at radius 2 is 2.07 bits per heavy atom. The lowest BCUT2D eigenvalue weighted by molar-refractivity contribution is 0.0677. The van der Waals surface area contributed by atoms with Crippen molar-refractivity contribution in [2.24, 2.45) is 4.99 Å². The minimum atomic E-state index is -0.963. The lowest BCUT2D eigenvalue weighted by Crippen LogP contribution is -2.39. The largest absolute Gasteiger partial charge is 0.383 e. The van der Waals surface area contributed by atoms with Gasteiger partial charge in [0.25, 0.3) is 0 Å².